The smallest absolute Gasteiger partial charge is 0.0931 e. The average molecular weight is 269 g/mol. The largest absolute Gasteiger partial charge is 0.345 e. The molecule has 0 atom stereocenters. The van der Waals surface area contributed by atoms with Crippen LogP contribution in [0.3, 0.4) is 0 Å². The summed E-state index contributed by atoms with van der Waals surface area (Å²) in [6.07, 6.45) is 2.67. The van der Waals surface area contributed by atoms with Gasteiger partial charge in [0.2, 0.25) is 0 Å². The van der Waals surface area contributed by atoms with Crippen LogP contribution in [0.25, 0.3) is 22.3 Å². The number of imidazole rings is 1. The highest BCUT2D eigenvalue weighted by Gasteiger charge is 2.14. The maximum atomic E-state index is 4.64. The van der Waals surface area contributed by atoms with Crippen LogP contribution in [0.1, 0.15) is 11.3 Å². The Labute approximate surface area is 118 Å². The monoisotopic (exact) mass is 269 g/mol. The van der Waals surface area contributed by atoms with Crippen molar-refractivity contribution < 1.29 is 0 Å². The molecule has 0 saturated heterocycles. The average Bonchev–Trinajstić information content (AvgIpc) is 3.00. The molecular weight excluding hydrogens is 250 g/mol. The number of aromatic amines is 1. The molecule has 2 aromatic heterocycles. The molecule has 3 rings (SSSR count). The number of likely N-dealkylation sites (N-methyl/N-ethyl adjacent to an activating group) is 1. The van der Waals surface area contributed by atoms with Crippen LogP contribution in [0.15, 0.2) is 24.5 Å². The molecule has 0 amide bonds. The van der Waals surface area contributed by atoms with E-state index < -0.39 is 0 Å². The molecule has 104 valence electrons. The van der Waals surface area contributed by atoms with Crippen LogP contribution in [-0.2, 0) is 13.5 Å². The Morgan fingerprint density at radius 1 is 1.35 bits per heavy atom. The van der Waals surface area contributed by atoms with Crippen molar-refractivity contribution in [3.05, 3.63) is 35.8 Å². The molecule has 0 aliphatic carbocycles. The van der Waals surface area contributed by atoms with Crippen molar-refractivity contribution in [3.8, 4) is 11.3 Å². The van der Waals surface area contributed by atoms with Gasteiger partial charge in [-0.15, -0.1) is 0 Å². The van der Waals surface area contributed by atoms with E-state index in [0.29, 0.717) is 0 Å². The molecule has 0 aliphatic heterocycles. The topological polar surface area (TPSA) is 58.5 Å². The number of nitrogens with zero attached hydrogens (tertiary/aromatic N) is 3. The van der Waals surface area contributed by atoms with Gasteiger partial charge in [0.15, 0.2) is 0 Å². The first kappa shape index (κ1) is 12.9. The highest BCUT2D eigenvalue weighted by Crippen LogP contribution is 2.27. The molecule has 2 N–H and O–H groups in total. The van der Waals surface area contributed by atoms with Crippen LogP contribution in [-0.4, -0.2) is 33.3 Å². The zero-order chi connectivity index (χ0) is 14.1. The highest BCUT2D eigenvalue weighted by molar-refractivity contribution is 5.81. The van der Waals surface area contributed by atoms with Crippen LogP contribution in [0.2, 0.25) is 0 Å². The molecule has 3 aromatic rings. The van der Waals surface area contributed by atoms with Crippen LogP contribution >= 0.6 is 0 Å². The second kappa shape index (κ2) is 5.09. The molecule has 2 heterocycles. The summed E-state index contributed by atoms with van der Waals surface area (Å²) in [6.45, 7) is 3.08. The summed E-state index contributed by atoms with van der Waals surface area (Å²) in [5.41, 5.74) is 6.80. The van der Waals surface area contributed by atoms with E-state index in [1.165, 1.54) is 16.8 Å². The van der Waals surface area contributed by atoms with E-state index in [1.807, 2.05) is 24.8 Å². The SMILES string of the molecule is CNCCc1nn(C)c(-c2ccc3nc[nH]c3c2)c1C. The van der Waals surface area contributed by atoms with Gasteiger partial charge < -0.3 is 10.3 Å². The molecule has 0 fully saturated rings. The number of hydrogen-bond acceptors (Lipinski definition) is 3. The lowest BCUT2D eigenvalue weighted by Crippen LogP contribution is -2.11. The third-order valence-corrected chi connectivity index (χ3v) is 3.69. The fourth-order valence-corrected chi connectivity index (χ4v) is 2.65. The molecule has 0 aliphatic rings. The number of H-pyrrole nitrogens is 1. The summed E-state index contributed by atoms with van der Waals surface area (Å²) < 4.78 is 1.97. The third kappa shape index (κ3) is 2.10. The predicted molar refractivity (Wildman–Crippen MR) is 80.7 cm³/mol. The Morgan fingerprint density at radius 3 is 3.00 bits per heavy atom. The van der Waals surface area contributed by atoms with E-state index in [2.05, 4.69) is 39.4 Å². The zero-order valence-corrected chi connectivity index (χ0v) is 12.1. The first-order chi connectivity index (χ1) is 9.70. The summed E-state index contributed by atoms with van der Waals surface area (Å²) >= 11 is 0. The zero-order valence-electron chi connectivity index (χ0n) is 12.1. The van der Waals surface area contributed by atoms with E-state index in [9.17, 15) is 0 Å². The maximum absolute atomic E-state index is 4.64. The van der Waals surface area contributed by atoms with Crippen molar-refractivity contribution in [2.45, 2.75) is 13.3 Å². The van der Waals surface area contributed by atoms with Crippen LogP contribution in [0, 0.1) is 6.92 Å². The minimum atomic E-state index is 0.941. The minimum Gasteiger partial charge on any atom is -0.345 e. The lowest BCUT2D eigenvalue weighted by atomic mass is 10.0. The van der Waals surface area contributed by atoms with E-state index in [1.54, 1.807) is 6.33 Å². The molecule has 0 spiro atoms. The number of nitrogens with one attached hydrogen (secondary N) is 2. The predicted octanol–water partition coefficient (Wildman–Crippen LogP) is 2.03. The van der Waals surface area contributed by atoms with Gasteiger partial charge in [0.1, 0.15) is 0 Å². The van der Waals surface area contributed by atoms with Gasteiger partial charge in [0.05, 0.1) is 28.7 Å². The number of hydrogen-bond donors (Lipinski definition) is 2. The summed E-state index contributed by atoms with van der Waals surface area (Å²) in [6, 6.07) is 6.28. The lowest BCUT2D eigenvalue weighted by Gasteiger charge is -2.04. The fourth-order valence-electron chi connectivity index (χ4n) is 2.65. The number of benzene rings is 1. The van der Waals surface area contributed by atoms with Crippen molar-refractivity contribution in [1.82, 2.24) is 25.1 Å². The standard InChI is InChI=1S/C15H19N5/c1-10-12(6-7-16-2)19-20(3)15(10)11-4-5-13-14(8-11)18-9-17-13/h4-5,8-9,16H,6-7H2,1-3H3,(H,17,18). The fraction of sp³-hybridized carbons (Fsp3) is 0.333. The second-order valence-electron chi connectivity index (χ2n) is 5.03. The van der Waals surface area contributed by atoms with Gasteiger partial charge in [-0.05, 0) is 31.7 Å². The first-order valence-electron chi connectivity index (χ1n) is 6.81. The van der Waals surface area contributed by atoms with Crippen molar-refractivity contribution in [2.75, 3.05) is 13.6 Å². The second-order valence-corrected chi connectivity index (χ2v) is 5.03. The maximum Gasteiger partial charge on any atom is 0.0931 e. The first-order valence-corrected chi connectivity index (χ1v) is 6.81. The Kier molecular flexibility index (Phi) is 3.28. The van der Waals surface area contributed by atoms with Gasteiger partial charge >= 0.3 is 0 Å². The Balaban J connectivity index is 2.06. The lowest BCUT2D eigenvalue weighted by molar-refractivity contribution is 0.720. The van der Waals surface area contributed by atoms with Gasteiger partial charge in [0.25, 0.3) is 0 Å². The molecule has 0 radical (unpaired) electrons. The summed E-state index contributed by atoms with van der Waals surface area (Å²) in [7, 11) is 3.97. The van der Waals surface area contributed by atoms with E-state index >= 15 is 0 Å². The van der Waals surface area contributed by atoms with Crippen molar-refractivity contribution in [2.24, 2.45) is 7.05 Å². The molecule has 5 heteroatoms. The van der Waals surface area contributed by atoms with Crippen LogP contribution in [0.4, 0.5) is 0 Å². The van der Waals surface area contributed by atoms with Crippen LogP contribution < -0.4 is 5.32 Å². The molecule has 0 unspecified atom stereocenters. The Hall–Kier alpha value is -2.14. The normalized spacial score (nSPS) is 11.3. The number of aryl methyl sites for hydroxylation is 1. The van der Waals surface area contributed by atoms with Gasteiger partial charge in [-0.25, -0.2) is 4.98 Å². The van der Waals surface area contributed by atoms with Gasteiger partial charge in [-0.3, -0.25) is 4.68 Å². The molecular formula is C15H19N5. The Bertz CT molecular complexity index is 738. The number of rotatable bonds is 4. The van der Waals surface area contributed by atoms with E-state index in [-0.39, 0.29) is 0 Å². The Morgan fingerprint density at radius 2 is 2.20 bits per heavy atom. The quantitative estimate of drug-likeness (QED) is 0.762. The summed E-state index contributed by atoms with van der Waals surface area (Å²) in [5, 5.41) is 7.81. The molecule has 0 saturated carbocycles. The van der Waals surface area contributed by atoms with E-state index in [4.69, 9.17) is 0 Å². The van der Waals surface area contributed by atoms with Crippen LogP contribution in [0.5, 0.6) is 0 Å². The van der Waals surface area contributed by atoms with Crippen molar-refractivity contribution in [1.29, 1.82) is 0 Å². The molecule has 20 heavy (non-hydrogen) atoms. The summed E-state index contributed by atoms with van der Waals surface area (Å²) in [4.78, 5) is 7.42. The molecule has 1 aromatic carbocycles. The summed E-state index contributed by atoms with van der Waals surface area (Å²) in [5.74, 6) is 0. The highest BCUT2D eigenvalue weighted by atomic mass is 15.3. The van der Waals surface area contributed by atoms with E-state index in [0.717, 1.165) is 29.7 Å². The number of aromatic nitrogens is 4. The van der Waals surface area contributed by atoms with Crippen molar-refractivity contribution in [3.63, 3.8) is 0 Å². The van der Waals surface area contributed by atoms with Gasteiger partial charge in [-0.2, -0.15) is 5.10 Å². The minimum absolute atomic E-state index is 0.941. The van der Waals surface area contributed by atoms with Gasteiger partial charge in [0, 0.05) is 25.6 Å². The molecule has 0 bridgehead atoms. The third-order valence-electron chi connectivity index (χ3n) is 3.69. The number of fused-ring (bicyclic) bond motifs is 1. The molecule has 5 nitrogen and oxygen atoms in total. The van der Waals surface area contributed by atoms with Crippen molar-refractivity contribution >= 4 is 11.0 Å². The van der Waals surface area contributed by atoms with Gasteiger partial charge in [-0.1, -0.05) is 6.07 Å².